The molecule has 0 radical (unpaired) electrons. The first kappa shape index (κ1) is 17.3. The first-order chi connectivity index (χ1) is 10.9. The van der Waals surface area contributed by atoms with Crippen LogP contribution < -0.4 is 16.9 Å². The average molecular weight is 385 g/mol. The molecule has 0 spiro atoms. The van der Waals surface area contributed by atoms with Gasteiger partial charge in [-0.3, -0.25) is 4.99 Å². The van der Waals surface area contributed by atoms with Crippen LogP contribution in [0.25, 0.3) is 0 Å². The lowest BCUT2D eigenvalue weighted by Crippen LogP contribution is -2.38. The van der Waals surface area contributed by atoms with Crippen LogP contribution in [0.15, 0.2) is 51.9 Å². The fraction of sp³-hybridized carbons (Fsp3) is 0.267. The Labute approximate surface area is 142 Å². The minimum absolute atomic E-state index is 0.298. The molecule has 0 unspecified atom stereocenters. The van der Waals surface area contributed by atoms with Gasteiger partial charge in [0.2, 0.25) is 0 Å². The van der Waals surface area contributed by atoms with E-state index in [2.05, 4.69) is 31.2 Å². The lowest BCUT2D eigenvalue weighted by Gasteiger charge is -2.30. The Bertz CT molecular complexity index is 663. The third-order valence-electron chi connectivity index (χ3n) is 3.13. The summed E-state index contributed by atoms with van der Waals surface area (Å²) in [6.07, 6.45) is 4.94. The van der Waals surface area contributed by atoms with Crippen LogP contribution in [0.1, 0.15) is 12.5 Å². The van der Waals surface area contributed by atoms with Crippen molar-refractivity contribution in [1.29, 1.82) is 0 Å². The van der Waals surface area contributed by atoms with Gasteiger partial charge < -0.3 is 21.0 Å². The summed E-state index contributed by atoms with van der Waals surface area (Å²) in [4.78, 5) is 8.85. The summed E-state index contributed by atoms with van der Waals surface area (Å²) in [5.41, 5.74) is 13.0. The van der Waals surface area contributed by atoms with E-state index in [-0.39, 0.29) is 5.82 Å². The quantitative estimate of drug-likeness (QED) is 0.688. The average Bonchev–Trinajstić information content (AvgIpc) is 2.51. The molecule has 0 saturated carbocycles. The number of hydrogen-bond acceptors (Lipinski definition) is 6. The largest absolute Gasteiger partial charge is 0.389 e. The standard InChI is InChI=1S/C11H12BrFN2O.C4H6N2O/c1-11(6-16-5-10(14)15-11)8-4-7(12)2-3-9(8)13;5-4-2-1-3-7-6-4/h2-4H,5-6H2,1H3,(H2,14,15);1-3,6H,5H2/t11-;/m0./s1. The number of amidine groups is 1. The van der Waals surface area contributed by atoms with Crippen LogP contribution in [-0.2, 0) is 15.1 Å². The smallest absolute Gasteiger partial charge is 0.131 e. The molecule has 3 rings (SSSR count). The summed E-state index contributed by atoms with van der Waals surface area (Å²) in [5.74, 6) is 0.628. The molecule has 0 aliphatic carbocycles. The van der Waals surface area contributed by atoms with Crippen LogP contribution in [0.3, 0.4) is 0 Å². The molecule has 2 heterocycles. The van der Waals surface area contributed by atoms with E-state index in [0.29, 0.717) is 30.4 Å². The molecule has 124 valence electrons. The maximum Gasteiger partial charge on any atom is 0.131 e. The molecule has 1 atom stereocenters. The number of halogens is 2. The highest BCUT2D eigenvalue weighted by atomic mass is 79.9. The second kappa shape index (κ2) is 7.47. The molecule has 6 nitrogen and oxygen atoms in total. The van der Waals surface area contributed by atoms with Gasteiger partial charge in [-0.15, -0.1) is 0 Å². The zero-order valence-electron chi connectivity index (χ0n) is 12.6. The lowest BCUT2D eigenvalue weighted by atomic mass is 9.92. The van der Waals surface area contributed by atoms with E-state index in [0.717, 1.165) is 4.47 Å². The van der Waals surface area contributed by atoms with Gasteiger partial charge in [0.05, 0.1) is 6.61 Å². The monoisotopic (exact) mass is 384 g/mol. The number of allylic oxidation sites excluding steroid dienone is 2. The first-order valence-electron chi connectivity index (χ1n) is 6.82. The van der Waals surface area contributed by atoms with Gasteiger partial charge in [-0.2, -0.15) is 0 Å². The normalized spacial score (nSPS) is 22.7. The van der Waals surface area contributed by atoms with Crippen LogP contribution in [0.5, 0.6) is 0 Å². The number of ether oxygens (including phenoxy) is 1. The van der Waals surface area contributed by atoms with Crippen LogP contribution in [0.4, 0.5) is 4.39 Å². The van der Waals surface area contributed by atoms with Crippen molar-refractivity contribution in [3.8, 4) is 0 Å². The molecule has 5 N–H and O–H groups in total. The number of nitrogens with two attached hydrogens (primary N) is 2. The number of nitrogens with one attached hydrogen (secondary N) is 1. The minimum Gasteiger partial charge on any atom is -0.389 e. The molecule has 0 bridgehead atoms. The molecule has 2 aliphatic heterocycles. The zero-order valence-corrected chi connectivity index (χ0v) is 14.1. The van der Waals surface area contributed by atoms with Crippen molar-refractivity contribution >= 4 is 21.8 Å². The van der Waals surface area contributed by atoms with Gasteiger partial charge in [0.1, 0.15) is 35.9 Å². The van der Waals surface area contributed by atoms with Crippen LogP contribution in [0, 0.1) is 5.82 Å². The van der Waals surface area contributed by atoms with Crippen LogP contribution in [0.2, 0.25) is 0 Å². The van der Waals surface area contributed by atoms with Crippen molar-refractivity contribution in [2.45, 2.75) is 12.5 Å². The van der Waals surface area contributed by atoms with E-state index < -0.39 is 5.54 Å². The minimum atomic E-state index is -0.740. The Balaban J connectivity index is 0.000000229. The van der Waals surface area contributed by atoms with Crippen LogP contribution >= 0.6 is 15.9 Å². The Hall–Kier alpha value is -2.06. The molecular weight excluding hydrogens is 367 g/mol. The predicted molar refractivity (Wildman–Crippen MR) is 89.5 cm³/mol. The molecule has 2 aliphatic rings. The molecule has 0 fully saturated rings. The van der Waals surface area contributed by atoms with E-state index in [4.69, 9.17) is 16.2 Å². The van der Waals surface area contributed by atoms with Gasteiger partial charge >= 0.3 is 0 Å². The summed E-state index contributed by atoms with van der Waals surface area (Å²) in [6.45, 7) is 2.45. The molecule has 1 aromatic rings. The Morgan fingerprint density at radius 3 is 2.74 bits per heavy atom. The fourth-order valence-corrected chi connectivity index (χ4v) is 2.46. The SMILES string of the molecule is C[C@@]1(c2cc(Br)ccc2F)COCC(N)=N1.NC1=CC=CON1. The second-order valence-electron chi connectivity index (χ2n) is 5.16. The van der Waals surface area contributed by atoms with Gasteiger partial charge in [0, 0.05) is 10.0 Å². The van der Waals surface area contributed by atoms with Crippen molar-refractivity contribution in [3.05, 3.63) is 58.3 Å². The Morgan fingerprint density at radius 2 is 2.17 bits per heavy atom. The van der Waals surface area contributed by atoms with Crippen molar-refractivity contribution in [3.63, 3.8) is 0 Å². The highest BCUT2D eigenvalue weighted by Gasteiger charge is 2.32. The van der Waals surface area contributed by atoms with E-state index >= 15 is 0 Å². The number of nitrogens with zero attached hydrogens (tertiary/aromatic N) is 1. The Kier molecular flexibility index (Phi) is 5.62. The second-order valence-corrected chi connectivity index (χ2v) is 6.08. The molecule has 0 aromatic heterocycles. The molecule has 23 heavy (non-hydrogen) atoms. The van der Waals surface area contributed by atoms with Gasteiger partial charge in [0.15, 0.2) is 0 Å². The number of benzene rings is 1. The van der Waals surface area contributed by atoms with Crippen molar-refractivity contribution in [2.75, 3.05) is 13.2 Å². The molecule has 0 saturated heterocycles. The maximum atomic E-state index is 13.7. The summed E-state index contributed by atoms with van der Waals surface area (Å²) in [5, 5.41) is 0. The Morgan fingerprint density at radius 1 is 1.39 bits per heavy atom. The number of hydroxylamine groups is 1. The summed E-state index contributed by atoms with van der Waals surface area (Å²) < 4.78 is 19.9. The topological polar surface area (TPSA) is 94.9 Å². The fourth-order valence-electron chi connectivity index (χ4n) is 2.10. The molecule has 1 aromatic carbocycles. The van der Waals surface area contributed by atoms with Crippen LogP contribution in [-0.4, -0.2) is 19.0 Å². The van der Waals surface area contributed by atoms with E-state index in [1.165, 1.54) is 12.3 Å². The highest BCUT2D eigenvalue weighted by molar-refractivity contribution is 9.10. The molecule has 0 amide bonds. The number of rotatable bonds is 1. The highest BCUT2D eigenvalue weighted by Crippen LogP contribution is 2.32. The third-order valence-corrected chi connectivity index (χ3v) is 3.62. The molecule has 8 heteroatoms. The summed E-state index contributed by atoms with van der Waals surface area (Å²) in [6, 6.07) is 4.77. The van der Waals surface area contributed by atoms with Crippen molar-refractivity contribution in [1.82, 2.24) is 5.48 Å². The predicted octanol–water partition coefficient (Wildman–Crippen LogP) is 2.03. The van der Waals surface area contributed by atoms with Crippen molar-refractivity contribution < 1.29 is 14.0 Å². The summed E-state index contributed by atoms with van der Waals surface area (Å²) in [7, 11) is 0. The first-order valence-corrected chi connectivity index (χ1v) is 7.61. The summed E-state index contributed by atoms with van der Waals surface area (Å²) >= 11 is 3.31. The third kappa shape index (κ3) is 4.70. The van der Waals surface area contributed by atoms with E-state index in [1.54, 1.807) is 24.3 Å². The number of hydrogen-bond donors (Lipinski definition) is 3. The van der Waals surface area contributed by atoms with Gasteiger partial charge in [0.25, 0.3) is 0 Å². The lowest BCUT2D eigenvalue weighted by molar-refractivity contribution is 0.104. The van der Waals surface area contributed by atoms with Gasteiger partial charge in [-0.25, -0.2) is 9.87 Å². The number of aliphatic imine (C=N–C) groups is 1. The van der Waals surface area contributed by atoms with Gasteiger partial charge in [-0.05, 0) is 37.3 Å². The van der Waals surface area contributed by atoms with Crippen molar-refractivity contribution in [2.24, 2.45) is 16.5 Å². The molecular formula is C15H18BrFN4O2. The van der Waals surface area contributed by atoms with E-state index in [9.17, 15) is 4.39 Å². The van der Waals surface area contributed by atoms with E-state index in [1.807, 2.05) is 6.92 Å². The van der Waals surface area contributed by atoms with Gasteiger partial charge in [-0.1, -0.05) is 15.9 Å². The maximum absolute atomic E-state index is 13.7. The zero-order chi connectivity index (χ0) is 16.9.